The van der Waals surface area contributed by atoms with Gasteiger partial charge in [0.2, 0.25) is 0 Å². The fourth-order valence-corrected chi connectivity index (χ4v) is 1.79. The third kappa shape index (κ3) is 3.03. The summed E-state index contributed by atoms with van der Waals surface area (Å²) in [6.07, 6.45) is 0. The molecule has 19 heavy (non-hydrogen) atoms. The van der Waals surface area contributed by atoms with Crippen LogP contribution in [-0.2, 0) is 0 Å². The highest BCUT2D eigenvalue weighted by atomic mass is 35.5. The molecule has 3 N–H and O–H groups in total. The second-order valence-electron chi connectivity index (χ2n) is 3.89. The maximum atomic E-state index is 12.1. The number of nitriles is 1. The maximum absolute atomic E-state index is 12.1. The van der Waals surface area contributed by atoms with E-state index in [-0.39, 0.29) is 5.91 Å². The van der Waals surface area contributed by atoms with Crippen LogP contribution in [0.5, 0.6) is 0 Å². The molecular weight excluding hydrogens is 262 g/mol. The van der Waals surface area contributed by atoms with Crippen molar-refractivity contribution < 1.29 is 4.79 Å². The first-order chi connectivity index (χ1) is 9.10. The van der Waals surface area contributed by atoms with Gasteiger partial charge in [-0.05, 0) is 36.4 Å². The summed E-state index contributed by atoms with van der Waals surface area (Å²) in [7, 11) is 0. The number of rotatable bonds is 2. The summed E-state index contributed by atoms with van der Waals surface area (Å²) in [5, 5.41) is 11.8. The first-order valence-corrected chi connectivity index (χ1v) is 5.84. The van der Waals surface area contributed by atoms with Crippen LogP contribution in [0, 0.1) is 11.3 Å². The smallest absolute Gasteiger partial charge is 0.257 e. The minimum atomic E-state index is -0.368. The van der Waals surface area contributed by atoms with Gasteiger partial charge in [0.05, 0.1) is 22.2 Å². The Balaban J connectivity index is 2.26. The summed E-state index contributed by atoms with van der Waals surface area (Å²) in [6.45, 7) is 0. The molecule has 0 bridgehead atoms. The van der Waals surface area contributed by atoms with E-state index in [2.05, 4.69) is 5.32 Å². The van der Waals surface area contributed by atoms with Gasteiger partial charge in [-0.2, -0.15) is 5.26 Å². The molecule has 0 fully saturated rings. The van der Waals surface area contributed by atoms with Gasteiger partial charge in [0.25, 0.3) is 5.91 Å². The standard InChI is InChI=1S/C14H10ClN3O/c15-13-5-4-10(17)7-12(13)14(19)18-11-3-1-2-9(6-11)8-16/h1-7H,17H2,(H,18,19). The van der Waals surface area contributed by atoms with Crippen molar-refractivity contribution in [2.45, 2.75) is 0 Å². The first kappa shape index (κ1) is 12.9. The van der Waals surface area contributed by atoms with Gasteiger partial charge in [0.1, 0.15) is 0 Å². The van der Waals surface area contributed by atoms with E-state index in [0.717, 1.165) is 0 Å². The van der Waals surface area contributed by atoms with Gasteiger partial charge in [-0.15, -0.1) is 0 Å². The van der Waals surface area contributed by atoms with Gasteiger partial charge in [-0.25, -0.2) is 0 Å². The second kappa shape index (κ2) is 5.42. The van der Waals surface area contributed by atoms with E-state index in [1.807, 2.05) is 6.07 Å². The zero-order valence-electron chi connectivity index (χ0n) is 9.85. The molecule has 0 atom stereocenters. The Bertz CT molecular complexity index is 677. The number of nitrogens with one attached hydrogen (secondary N) is 1. The molecule has 0 aromatic heterocycles. The van der Waals surface area contributed by atoms with Crippen molar-refractivity contribution in [3.63, 3.8) is 0 Å². The highest BCUT2D eigenvalue weighted by Crippen LogP contribution is 2.20. The summed E-state index contributed by atoms with van der Waals surface area (Å²) in [6, 6.07) is 13.3. The lowest BCUT2D eigenvalue weighted by Gasteiger charge is -2.07. The number of hydrogen-bond donors (Lipinski definition) is 2. The van der Waals surface area contributed by atoms with E-state index in [0.29, 0.717) is 27.5 Å². The molecule has 0 heterocycles. The van der Waals surface area contributed by atoms with Gasteiger partial charge in [-0.1, -0.05) is 17.7 Å². The predicted molar refractivity (Wildman–Crippen MR) is 75.0 cm³/mol. The summed E-state index contributed by atoms with van der Waals surface area (Å²) in [4.78, 5) is 12.1. The van der Waals surface area contributed by atoms with Gasteiger partial charge in [0.15, 0.2) is 0 Å². The number of nitrogen functional groups attached to an aromatic ring is 1. The Morgan fingerprint density at radius 3 is 2.79 bits per heavy atom. The lowest BCUT2D eigenvalue weighted by Crippen LogP contribution is -2.12. The molecule has 0 radical (unpaired) electrons. The molecule has 4 nitrogen and oxygen atoms in total. The summed E-state index contributed by atoms with van der Waals surface area (Å²) >= 11 is 5.95. The average molecular weight is 272 g/mol. The Labute approximate surface area is 115 Å². The average Bonchev–Trinajstić information content (AvgIpc) is 2.41. The molecule has 0 aliphatic rings. The molecule has 1 amide bonds. The molecule has 0 spiro atoms. The number of halogens is 1. The monoisotopic (exact) mass is 271 g/mol. The van der Waals surface area contributed by atoms with Crippen LogP contribution in [0.25, 0.3) is 0 Å². The van der Waals surface area contributed by atoms with E-state index in [9.17, 15) is 4.79 Å². The molecule has 2 aromatic carbocycles. The molecule has 0 unspecified atom stereocenters. The number of benzene rings is 2. The number of nitrogens with zero attached hydrogens (tertiary/aromatic N) is 1. The van der Waals surface area contributed by atoms with E-state index >= 15 is 0 Å². The van der Waals surface area contributed by atoms with Crippen molar-refractivity contribution in [1.29, 1.82) is 5.26 Å². The Kier molecular flexibility index (Phi) is 3.69. The molecule has 0 saturated carbocycles. The number of carbonyl (C=O) groups excluding carboxylic acids is 1. The van der Waals surface area contributed by atoms with E-state index in [1.54, 1.807) is 36.4 Å². The van der Waals surface area contributed by atoms with Crippen LogP contribution in [0.15, 0.2) is 42.5 Å². The normalized spacial score (nSPS) is 9.68. The number of amides is 1. The molecule has 94 valence electrons. The lowest BCUT2D eigenvalue weighted by atomic mass is 10.1. The maximum Gasteiger partial charge on any atom is 0.257 e. The Morgan fingerprint density at radius 2 is 2.05 bits per heavy atom. The predicted octanol–water partition coefficient (Wildman–Crippen LogP) is 3.05. The van der Waals surface area contributed by atoms with Crippen molar-refractivity contribution in [1.82, 2.24) is 0 Å². The fourth-order valence-electron chi connectivity index (χ4n) is 1.58. The van der Waals surface area contributed by atoms with Crippen LogP contribution in [0.4, 0.5) is 11.4 Å². The topological polar surface area (TPSA) is 78.9 Å². The lowest BCUT2D eigenvalue weighted by molar-refractivity contribution is 0.102. The zero-order chi connectivity index (χ0) is 13.8. The number of carbonyl (C=O) groups is 1. The second-order valence-corrected chi connectivity index (χ2v) is 4.29. The van der Waals surface area contributed by atoms with Crippen molar-refractivity contribution in [3.8, 4) is 6.07 Å². The van der Waals surface area contributed by atoms with Gasteiger partial charge < -0.3 is 11.1 Å². The van der Waals surface area contributed by atoms with Gasteiger partial charge in [-0.3, -0.25) is 4.79 Å². The SMILES string of the molecule is N#Cc1cccc(NC(=O)c2cc(N)ccc2Cl)c1. The zero-order valence-corrected chi connectivity index (χ0v) is 10.6. The number of hydrogen-bond acceptors (Lipinski definition) is 3. The Morgan fingerprint density at radius 1 is 1.26 bits per heavy atom. The largest absolute Gasteiger partial charge is 0.399 e. The third-order valence-corrected chi connectivity index (χ3v) is 2.81. The van der Waals surface area contributed by atoms with E-state index < -0.39 is 0 Å². The van der Waals surface area contributed by atoms with E-state index in [1.165, 1.54) is 6.07 Å². The van der Waals surface area contributed by atoms with Crippen LogP contribution in [0.3, 0.4) is 0 Å². The van der Waals surface area contributed by atoms with E-state index in [4.69, 9.17) is 22.6 Å². The quantitative estimate of drug-likeness (QED) is 0.824. The highest BCUT2D eigenvalue weighted by Gasteiger charge is 2.11. The van der Waals surface area contributed by atoms with Crippen molar-refractivity contribution in [2.24, 2.45) is 0 Å². The van der Waals surface area contributed by atoms with Crippen molar-refractivity contribution in [2.75, 3.05) is 11.1 Å². The minimum absolute atomic E-state index is 0.295. The van der Waals surface area contributed by atoms with Crippen molar-refractivity contribution >= 4 is 28.9 Å². The third-order valence-electron chi connectivity index (χ3n) is 2.48. The van der Waals surface area contributed by atoms with Crippen LogP contribution in [-0.4, -0.2) is 5.91 Å². The summed E-state index contributed by atoms with van der Waals surface area (Å²) in [5.74, 6) is -0.368. The highest BCUT2D eigenvalue weighted by molar-refractivity contribution is 6.34. The van der Waals surface area contributed by atoms with Crippen LogP contribution < -0.4 is 11.1 Å². The molecular formula is C14H10ClN3O. The van der Waals surface area contributed by atoms with Crippen LogP contribution >= 0.6 is 11.6 Å². The summed E-state index contributed by atoms with van der Waals surface area (Å²) in [5.41, 5.74) is 7.38. The molecule has 0 saturated heterocycles. The molecule has 2 rings (SSSR count). The first-order valence-electron chi connectivity index (χ1n) is 5.46. The number of nitrogens with two attached hydrogens (primary N) is 1. The summed E-state index contributed by atoms with van der Waals surface area (Å²) < 4.78 is 0. The molecule has 0 aliphatic carbocycles. The Hall–Kier alpha value is -2.51. The van der Waals surface area contributed by atoms with Crippen molar-refractivity contribution in [3.05, 3.63) is 58.6 Å². The molecule has 0 aliphatic heterocycles. The van der Waals surface area contributed by atoms with Gasteiger partial charge in [0, 0.05) is 11.4 Å². The van der Waals surface area contributed by atoms with Gasteiger partial charge >= 0.3 is 0 Å². The number of anilines is 2. The minimum Gasteiger partial charge on any atom is -0.399 e. The van der Waals surface area contributed by atoms with Crippen LogP contribution in [0.1, 0.15) is 15.9 Å². The molecule has 2 aromatic rings. The van der Waals surface area contributed by atoms with Crippen LogP contribution in [0.2, 0.25) is 5.02 Å². The molecule has 5 heteroatoms. The fraction of sp³-hybridized carbons (Fsp3) is 0.